The van der Waals surface area contributed by atoms with Crippen molar-refractivity contribution in [1.29, 1.82) is 0 Å². The second-order valence-electron chi connectivity index (χ2n) is 10.1. The molecule has 4 rings (SSSR count). The lowest BCUT2D eigenvalue weighted by atomic mass is 9.45. The monoisotopic (exact) mass is 379 g/mol. The molecule has 0 aromatic heterocycles. The van der Waals surface area contributed by atoms with Crippen molar-refractivity contribution in [3.63, 3.8) is 0 Å². The topological polar surface area (TPSA) is 84.9 Å². The molecule has 6 nitrogen and oxygen atoms in total. The summed E-state index contributed by atoms with van der Waals surface area (Å²) < 4.78 is 5.69. The average Bonchev–Trinajstić information content (AvgIpc) is 2.58. The lowest BCUT2D eigenvalue weighted by Crippen LogP contribution is -2.70. The quantitative estimate of drug-likeness (QED) is 0.563. The summed E-state index contributed by atoms with van der Waals surface area (Å²) in [6.45, 7) is 8.62. The van der Waals surface area contributed by atoms with Crippen LogP contribution in [0.5, 0.6) is 0 Å². The number of rotatable bonds is 2. The van der Waals surface area contributed by atoms with Crippen molar-refractivity contribution in [3.05, 3.63) is 0 Å². The molecule has 2 bridgehead atoms. The minimum absolute atomic E-state index is 0.0199. The van der Waals surface area contributed by atoms with Crippen LogP contribution in [0.15, 0.2) is 0 Å². The lowest BCUT2D eigenvalue weighted by Gasteiger charge is -2.63. The van der Waals surface area contributed by atoms with Crippen molar-refractivity contribution >= 4 is 11.6 Å². The Balaban J connectivity index is 1.88. The summed E-state index contributed by atoms with van der Waals surface area (Å²) in [5.74, 6) is -0.910. The third-order valence-electron chi connectivity index (χ3n) is 8.78. The average molecular weight is 379 g/mol. The summed E-state index contributed by atoms with van der Waals surface area (Å²) >= 11 is 0. The molecule has 0 aromatic carbocycles. The molecule has 0 spiro atoms. The van der Waals surface area contributed by atoms with Crippen molar-refractivity contribution in [2.24, 2.45) is 34.5 Å². The van der Waals surface area contributed by atoms with E-state index in [2.05, 4.69) is 26.3 Å². The zero-order chi connectivity index (χ0) is 19.8. The highest BCUT2D eigenvalue weighted by atomic mass is 16.7. The molecule has 1 aliphatic heterocycles. The molecule has 1 heterocycles. The van der Waals surface area contributed by atoms with Gasteiger partial charge in [-0.05, 0) is 38.0 Å². The molecule has 1 saturated heterocycles. The van der Waals surface area contributed by atoms with Crippen molar-refractivity contribution in [2.75, 3.05) is 13.7 Å². The fraction of sp³-hybridized carbons (Fsp3) is 0.905. The molecule has 3 aliphatic carbocycles. The highest BCUT2D eigenvalue weighted by Crippen LogP contribution is 2.62. The van der Waals surface area contributed by atoms with Crippen molar-refractivity contribution in [3.8, 4) is 0 Å². The largest absolute Gasteiger partial charge is 0.392 e. The van der Waals surface area contributed by atoms with Gasteiger partial charge in [-0.3, -0.25) is 14.4 Å². The molecule has 8 atom stereocenters. The van der Waals surface area contributed by atoms with E-state index >= 15 is 0 Å². The number of ketones is 2. The molecule has 152 valence electrons. The fourth-order valence-electron chi connectivity index (χ4n) is 6.88. The van der Waals surface area contributed by atoms with Gasteiger partial charge < -0.3 is 9.84 Å². The predicted molar refractivity (Wildman–Crippen MR) is 98.6 cm³/mol. The standard InChI is InChI=1S/C21H33NO5/c1-11-6-7-21(27-22-5)9-13-12-10-26-14(12)8-15(23)20(13,4)18(25)17(24)16(11)19(21,2)3/h11-16,22-23H,6-10H2,1-5H3. The number of Topliss-reactive ketones (excluding diaryl/α,β-unsaturated/α-hetero) is 2. The van der Waals surface area contributed by atoms with E-state index in [1.54, 1.807) is 7.05 Å². The van der Waals surface area contributed by atoms with Gasteiger partial charge in [-0.2, -0.15) is 0 Å². The summed E-state index contributed by atoms with van der Waals surface area (Å²) in [4.78, 5) is 33.3. The Bertz CT molecular complexity index is 663. The Morgan fingerprint density at radius 2 is 1.96 bits per heavy atom. The van der Waals surface area contributed by atoms with Crippen LogP contribution in [0.2, 0.25) is 0 Å². The van der Waals surface area contributed by atoms with Gasteiger partial charge in [-0.15, -0.1) is 0 Å². The van der Waals surface area contributed by atoms with Crippen LogP contribution in [0.3, 0.4) is 0 Å². The Kier molecular flexibility index (Phi) is 4.39. The van der Waals surface area contributed by atoms with Crippen molar-refractivity contribution < 1.29 is 24.3 Å². The number of carbonyl (C=O) groups is 2. The van der Waals surface area contributed by atoms with Gasteiger partial charge in [0.25, 0.3) is 0 Å². The minimum Gasteiger partial charge on any atom is -0.392 e. The summed E-state index contributed by atoms with van der Waals surface area (Å²) in [6.07, 6.45) is 1.89. The maximum absolute atomic E-state index is 13.5. The molecular formula is C21H33NO5. The Hall–Kier alpha value is -0.820. The molecule has 0 radical (unpaired) electrons. The Morgan fingerprint density at radius 3 is 2.56 bits per heavy atom. The molecule has 0 aromatic rings. The zero-order valence-corrected chi connectivity index (χ0v) is 17.1. The maximum Gasteiger partial charge on any atom is 0.207 e. The van der Waals surface area contributed by atoms with Gasteiger partial charge in [0, 0.05) is 30.7 Å². The highest BCUT2D eigenvalue weighted by molar-refractivity contribution is 6.40. The summed E-state index contributed by atoms with van der Waals surface area (Å²) in [5, 5.41) is 11.0. The second kappa shape index (κ2) is 6.09. The number of hydrogen-bond donors (Lipinski definition) is 2. The van der Waals surface area contributed by atoms with E-state index in [0.717, 1.165) is 12.8 Å². The second-order valence-corrected chi connectivity index (χ2v) is 10.1. The van der Waals surface area contributed by atoms with Crippen LogP contribution in [0.25, 0.3) is 0 Å². The zero-order valence-electron chi connectivity index (χ0n) is 17.1. The van der Waals surface area contributed by atoms with Gasteiger partial charge in [0.2, 0.25) is 11.6 Å². The molecule has 4 fully saturated rings. The first-order valence-electron chi connectivity index (χ1n) is 10.3. The Morgan fingerprint density at radius 1 is 1.26 bits per heavy atom. The number of carbonyl (C=O) groups excluding carboxylic acids is 2. The lowest BCUT2D eigenvalue weighted by molar-refractivity contribution is -0.265. The SMILES string of the molecule is CNOC12CCC(C)C(C(=O)C(=O)C3(C)C(O)CC4OCC4C3C1)C2(C)C. The van der Waals surface area contributed by atoms with Crippen LogP contribution in [-0.4, -0.2) is 48.1 Å². The first-order chi connectivity index (χ1) is 12.6. The predicted octanol–water partition coefficient (Wildman–Crippen LogP) is 1.89. The van der Waals surface area contributed by atoms with E-state index in [4.69, 9.17) is 9.57 Å². The number of fused-ring (bicyclic) bond motifs is 5. The molecule has 8 unspecified atom stereocenters. The summed E-state index contributed by atoms with van der Waals surface area (Å²) in [6, 6.07) is 0. The third kappa shape index (κ3) is 2.33. The van der Waals surface area contributed by atoms with Gasteiger partial charge in [0.05, 0.1) is 29.8 Å². The van der Waals surface area contributed by atoms with Crippen LogP contribution < -0.4 is 5.48 Å². The number of nitrogens with one attached hydrogen (secondary N) is 1. The number of hydroxylamine groups is 1. The molecule has 27 heavy (non-hydrogen) atoms. The Labute approximate surface area is 161 Å². The van der Waals surface area contributed by atoms with E-state index in [-0.39, 0.29) is 35.4 Å². The smallest absolute Gasteiger partial charge is 0.207 e. The highest BCUT2D eigenvalue weighted by Gasteiger charge is 2.68. The van der Waals surface area contributed by atoms with E-state index in [9.17, 15) is 14.7 Å². The first kappa shape index (κ1) is 19.5. The van der Waals surface area contributed by atoms with E-state index in [1.165, 1.54) is 0 Å². The van der Waals surface area contributed by atoms with Crippen LogP contribution in [0.1, 0.15) is 53.4 Å². The van der Waals surface area contributed by atoms with E-state index < -0.39 is 28.5 Å². The number of aliphatic hydroxyl groups excluding tert-OH is 1. The molecule has 2 N–H and O–H groups in total. The molecule has 3 saturated carbocycles. The number of hydrogen-bond acceptors (Lipinski definition) is 6. The van der Waals surface area contributed by atoms with Gasteiger partial charge in [0.1, 0.15) is 0 Å². The van der Waals surface area contributed by atoms with Crippen LogP contribution in [0, 0.1) is 34.5 Å². The molecule has 0 amide bonds. The number of aliphatic hydroxyl groups is 1. The first-order valence-corrected chi connectivity index (χ1v) is 10.3. The molecular weight excluding hydrogens is 346 g/mol. The number of ether oxygens (including phenoxy) is 1. The van der Waals surface area contributed by atoms with E-state index in [0.29, 0.717) is 19.4 Å². The molecule has 4 aliphatic rings. The minimum atomic E-state index is -1.06. The van der Waals surface area contributed by atoms with Gasteiger partial charge in [-0.1, -0.05) is 20.8 Å². The van der Waals surface area contributed by atoms with Gasteiger partial charge >= 0.3 is 0 Å². The maximum atomic E-state index is 13.5. The summed E-state index contributed by atoms with van der Waals surface area (Å²) in [5.41, 5.74) is 0.803. The van der Waals surface area contributed by atoms with Crippen molar-refractivity contribution in [1.82, 2.24) is 5.48 Å². The summed E-state index contributed by atoms with van der Waals surface area (Å²) in [7, 11) is 1.76. The van der Waals surface area contributed by atoms with Crippen LogP contribution in [-0.2, 0) is 19.2 Å². The third-order valence-corrected chi connectivity index (χ3v) is 8.78. The van der Waals surface area contributed by atoms with Gasteiger partial charge in [0.15, 0.2) is 0 Å². The van der Waals surface area contributed by atoms with Crippen molar-refractivity contribution in [2.45, 2.75) is 71.2 Å². The normalized spacial score (nSPS) is 51.5. The van der Waals surface area contributed by atoms with Crippen LogP contribution in [0.4, 0.5) is 0 Å². The van der Waals surface area contributed by atoms with E-state index in [1.807, 2.05) is 6.92 Å². The van der Waals surface area contributed by atoms with Crippen LogP contribution >= 0.6 is 0 Å². The van der Waals surface area contributed by atoms with Gasteiger partial charge in [-0.25, -0.2) is 5.48 Å². The molecule has 6 heteroatoms. The fourth-order valence-corrected chi connectivity index (χ4v) is 6.88.